The van der Waals surface area contributed by atoms with E-state index in [9.17, 15) is 0 Å². The van der Waals surface area contributed by atoms with Crippen LogP contribution in [0.2, 0.25) is 5.02 Å². The van der Waals surface area contributed by atoms with Gasteiger partial charge in [-0.15, -0.1) is 5.10 Å². The predicted octanol–water partition coefficient (Wildman–Crippen LogP) is 8.05. The van der Waals surface area contributed by atoms with E-state index in [1.54, 1.807) is 0 Å². The summed E-state index contributed by atoms with van der Waals surface area (Å²) in [5, 5.41) is 5.59. The van der Waals surface area contributed by atoms with Crippen LogP contribution in [0.25, 0.3) is 50.4 Å². The second kappa shape index (κ2) is 8.62. The van der Waals surface area contributed by atoms with Crippen LogP contribution in [0.15, 0.2) is 121 Å². The highest BCUT2D eigenvalue weighted by atomic mass is 35.5. The normalized spacial score (nSPS) is 11.1. The van der Waals surface area contributed by atoms with Gasteiger partial charge in [0.15, 0.2) is 11.5 Å². The van der Waals surface area contributed by atoms with Crippen molar-refractivity contribution in [1.82, 2.24) is 14.6 Å². The van der Waals surface area contributed by atoms with Gasteiger partial charge in [0, 0.05) is 27.9 Å². The highest BCUT2D eigenvalue weighted by Gasteiger charge is 2.14. The Labute approximate surface area is 202 Å². The Bertz CT molecular complexity index is 1570. The molecule has 0 saturated heterocycles. The largest absolute Gasteiger partial charge is 0.219 e. The summed E-state index contributed by atoms with van der Waals surface area (Å²) >= 11 is 6.03. The molecule has 0 aliphatic heterocycles. The van der Waals surface area contributed by atoms with Crippen LogP contribution in [0.1, 0.15) is 0 Å². The zero-order valence-electron chi connectivity index (χ0n) is 18.3. The Morgan fingerprint density at radius 1 is 0.529 bits per heavy atom. The molecule has 0 N–H and O–H groups in total. The molecule has 3 nitrogen and oxygen atoms in total. The van der Waals surface area contributed by atoms with Crippen LogP contribution in [0.4, 0.5) is 0 Å². The first-order valence-corrected chi connectivity index (χ1v) is 11.5. The van der Waals surface area contributed by atoms with Gasteiger partial charge in [0.25, 0.3) is 0 Å². The summed E-state index contributed by atoms with van der Waals surface area (Å²) in [6, 6.07) is 39.1. The van der Waals surface area contributed by atoms with Gasteiger partial charge in [-0.2, -0.15) is 0 Å². The summed E-state index contributed by atoms with van der Waals surface area (Å²) in [5.41, 5.74) is 8.47. The van der Waals surface area contributed by atoms with Gasteiger partial charge in [-0.1, -0.05) is 109 Å². The van der Waals surface area contributed by atoms with Crippen molar-refractivity contribution < 1.29 is 0 Å². The Morgan fingerprint density at radius 2 is 1.06 bits per heavy atom. The summed E-state index contributed by atoms with van der Waals surface area (Å²) in [5.74, 6) is 0.699. The van der Waals surface area contributed by atoms with Crippen LogP contribution in [0.5, 0.6) is 0 Å². The fraction of sp³-hybridized carbons (Fsp3) is 0. The highest BCUT2D eigenvalue weighted by molar-refractivity contribution is 6.30. The molecule has 0 amide bonds. The summed E-state index contributed by atoms with van der Waals surface area (Å²) in [6.45, 7) is 0. The molecule has 0 unspecified atom stereocenters. The molecule has 2 aromatic heterocycles. The lowest BCUT2D eigenvalue weighted by molar-refractivity contribution is 0.968. The number of hydrogen-bond acceptors (Lipinski definition) is 2. The summed E-state index contributed by atoms with van der Waals surface area (Å²) in [4.78, 5) is 4.94. The van der Waals surface area contributed by atoms with E-state index in [0.29, 0.717) is 5.82 Å². The minimum Gasteiger partial charge on any atom is -0.219 e. The van der Waals surface area contributed by atoms with Crippen LogP contribution in [-0.2, 0) is 0 Å². The molecule has 4 heteroatoms. The highest BCUT2D eigenvalue weighted by Crippen LogP contribution is 2.31. The molecule has 0 saturated carbocycles. The number of benzene rings is 4. The van der Waals surface area contributed by atoms with E-state index in [2.05, 4.69) is 72.9 Å². The minimum absolute atomic E-state index is 0.699. The average molecular weight is 458 g/mol. The number of hydrogen-bond donors (Lipinski definition) is 0. The smallest absolute Gasteiger partial charge is 0.182 e. The van der Waals surface area contributed by atoms with E-state index in [1.165, 1.54) is 0 Å². The first-order chi connectivity index (χ1) is 16.7. The van der Waals surface area contributed by atoms with Gasteiger partial charge in [-0.3, -0.25) is 0 Å². The van der Waals surface area contributed by atoms with Crippen molar-refractivity contribution in [2.24, 2.45) is 0 Å². The first kappa shape index (κ1) is 20.4. The van der Waals surface area contributed by atoms with Gasteiger partial charge < -0.3 is 0 Å². The van der Waals surface area contributed by atoms with Gasteiger partial charge in [0.1, 0.15) is 0 Å². The molecule has 0 radical (unpaired) electrons. The SMILES string of the molecule is Clc1ccc(-c2ccc(-c3nc4c(-c5ccccc5)cc(-c5ccccc5)cn4n3)cc2)cc1. The molecule has 0 aliphatic carbocycles. The third-order valence-electron chi connectivity index (χ3n) is 5.95. The fourth-order valence-corrected chi connectivity index (χ4v) is 4.31. The number of rotatable bonds is 4. The predicted molar refractivity (Wildman–Crippen MR) is 140 cm³/mol. The van der Waals surface area contributed by atoms with E-state index in [4.69, 9.17) is 21.7 Å². The van der Waals surface area contributed by atoms with E-state index in [0.717, 1.165) is 49.6 Å². The summed E-state index contributed by atoms with van der Waals surface area (Å²) in [6.07, 6.45) is 2.05. The molecule has 0 atom stereocenters. The van der Waals surface area contributed by atoms with Crippen LogP contribution in [0.3, 0.4) is 0 Å². The van der Waals surface area contributed by atoms with Gasteiger partial charge in [-0.05, 0) is 40.5 Å². The van der Waals surface area contributed by atoms with Crippen LogP contribution >= 0.6 is 11.6 Å². The third kappa shape index (κ3) is 3.87. The van der Waals surface area contributed by atoms with Crippen molar-refractivity contribution in [3.63, 3.8) is 0 Å². The fourth-order valence-electron chi connectivity index (χ4n) is 4.18. The van der Waals surface area contributed by atoms with Gasteiger partial charge in [0.2, 0.25) is 0 Å². The van der Waals surface area contributed by atoms with Crippen molar-refractivity contribution >= 4 is 17.2 Å². The first-order valence-electron chi connectivity index (χ1n) is 11.1. The topological polar surface area (TPSA) is 30.2 Å². The van der Waals surface area contributed by atoms with Crippen LogP contribution < -0.4 is 0 Å². The Balaban J connectivity index is 1.46. The van der Waals surface area contributed by atoms with Crippen molar-refractivity contribution in [2.45, 2.75) is 0 Å². The van der Waals surface area contributed by atoms with Crippen LogP contribution in [-0.4, -0.2) is 14.6 Å². The molecule has 0 bridgehead atoms. The lowest BCUT2D eigenvalue weighted by Gasteiger charge is -2.08. The molecule has 0 fully saturated rings. The van der Waals surface area contributed by atoms with Crippen molar-refractivity contribution in [3.05, 3.63) is 126 Å². The second-order valence-corrected chi connectivity index (χ2v) is 8.60. The lowest BCUT2D eigenvalue weighted by Crippen LogP contribution is -1.93. The maximum absolute atomic E-state index is 6.03. The van der Waals surface area contributed by atoms with Gasteiger partial charge >= 0.3 is 0 Å². The Kier molecular flexibility index (Phi) is 5.17. The maximum Gasteiger partial charge on any atom is 0.182 e. The van der Waals surface area contributed by atoms with Crippen molar-refractivity contribution in [1.29, 1.82) is 0 Å². The Hall–Kier alpha value is -4.21. The standard InChI is InChI=1S/C30H20ClN3/c31-27-17-15-23(16-18-27)22-11-13-25(14-12-22)29-32-30-28(24-9-5-2-6-10-24)19-26(20-34(30)33-29)21-7-3-1-4-8-21/h1-20H. The molecule has 0 spiro atoms. The molecule has 6 aromatic rings. The monoisotopic (exact) mass is 457 g/mol. The minimum atomic E-state index is 0.699. The number of halogens is 1. The van der Waals surface area contributed by atoms with Crippen molar-refractivity contribution in [3.8, 4) is 44.8 Å². The number of pyridine rings is 1. The quantitative estimate of drug-likeness (QED) is 0.268. The molecule has 4 aromatic carbocycles. The molecular weight excluding hydrogens is 438 g/mol. The Morgan fingerprint density at radius 3 is 1.71 bits per heavy atom. The number of fused-ring (bicyclic) bond motifs is 1. The summed E-state index contributed by atoms with van der Waals surface area (Å²) in [7, 11) is 0. The molecule has 162 valence electrons. The molecule has 0 aliphatic rings. The molecule has 6 rings (SSSR count). The molecular formula is C30H20ClN3. The molecule has 34 heavy (non-hydrogen) atoms. The van der Waals surface area contributed by atoms with Crippen molar-refractivity contribution in [2.75, 3.05) is 0 Å². The lowest BCUT2D eigenvalue weighted by atomic mass is 10.0. The van der Waals surface area contributed by atoms with E-state index >= 15 is 0 Å². The van der Waals surface area contributed by atoms with Crippen LogP contribution in [0, 0.1) is 0 Å². The van der Waals surface area contributed by atoms with E-state index < -0.39 is 0 Å². The number of nitrogens with zero attached hydrogens (tertiary/aromatic N) is 3. The second-order valence-electron chi connectivity index (χ2n) is 8.16. The zero-order valence-corrected chi connectivity index (χ0v) is 19.0. The zero-order chi connectivity index (χ0) is 22.9. The van der Waals surface area contributed by atoms with Gasteiger partial charge in [-0.25, -0.2) is 9.50 Å². The summed E-state index contributed by atoms with van der Waals surface area (Å²) < 4.78 is 1.90. The van der Waals surface area contributed by atoms with E-state index in [1.807, 2.05) is 53.0 Å². The van der Waals surface area contributed by atoms with Gasteiger partial charge in [0.05, 0.1) is 0 Å². The maximum atomic E-state index is 6.03. The number of aromatic nitrogens is 3. The van der Waals surface area contributed by atoms with E-state index in [-0.39, 0.29) is 0 Å². The molecule has 2 heterocycles. The third-order valence-corrected chi connectivity index (χ3v) is 6.20. The average Bonchev–Trinajstić information content (AvgIpc) is 3.34.